The van der Waals surface area contributed by atoms with Crippen LogP contribution in [0, 0.1) is 0 Å². The quantitative estimate of drug-likeness (QED) is 0.0201. The standard InChI is InChI=1S/C71H117NO18/c1-3-5-7-9-11-13-14-15-16-17-18-19-20-21-22-23-24-25-26-27-28-29-30-31-32-33-34-35-36-37-38-39-40-41-43-45-47-49-59(77)72-54(55(76)48-46-44-42-12-10-8-6-4-2)53-85-69-65(83)62(80)67(57(51-74)87-69)90-71-66(84)63(81)68(58(52-75)88-71)89-70-64(82)61(79)60(78)56(50-73)86-70/h5,7,11,13,15-16,18-19,21-22,24-25,27-28,30-31,33-34,36-37,54-58,60-71,73-76,78-84H,3-4,6,8-10,12,14,17,20,23,26,29,32,35,38-53H2,1-2H3,(H,72,77)/b7-5-,13-11-,16-15-,19-18-,22-21-,25-24-,28-27-,31-30-,34-33-,37-36-. The van der Waals surface area contributed by atoms with Gasteiger partial charge in [0.05, 0.1) is 38.6 Å². The molecule has 514 valence electrons. The molecule has 19 heteroatoms. The number of aliphatic hydroxyl groups is 11. The van der Waals surface area contributed by atoms with Gasteiger partial charge in [-0.25, -0.2) is 0 Å². The monoisotopic (exact) mass is 1270 g/mol. The third-order valence-electron chi connectivity index (χ3n) is 16.1. The molecular formula is C71H117NO18. The molecule has 0 aromatic rings. The maximum Gasteiger partial charge on any atom is 0.220 e. The molecule has 3 aliphatic heterocycles. The summed E-state index contributed by atoms with van der Waals surface area (Å²) in [7, 11) is 0. The van der Waals surface area contributed by atoms with E-state index in [1.807, 2.05) is 0 Å². The van der Waals surface area contributed by atoms with Gasteiger partial charge < -0.3 is 89.9 Å². The van der Waals surface area contributed by atoms with Gasteiger partial charge in [-0.1, -0.05) is 212 Å². The van der Waals surface area contributed by atoms with Gasteiger partial charge in [0.1, 0.15) is 73.2 Å². The Morgan fingerprint density at radius 3 is 1.20 bits per heavy atom. The average Bonchev–Trinajstić information content (AvgIpc) is 0.847. The fourth-order valence-corrected chi connectivity index (χ4v) is 10.6. The number of aliphatic hydroxyl groups excluding tert-OH is 11. The number of carbonyl (C=O) groups is 1. The Morgan fingerprint density at radius 1 is 0.411 bits per heavy atom. The smallest absolute Gasteiger partial charge is 0.220 e. The zero-order chi connectivity index (χ0) is 65.4. The summed E-state index contributed by atoms with van der Waals surface area (Å²) in [6.45, 7) is 1.59. The lowest BCUT2D eigenvalue weighted by Crippen LogP contribution is -2.66. The van der Waals surface area contributed by atoms with Crippen LogP contribution in [0.3, 0.4) is 0 Å². The maximum atomic E-state index is 13.3. The van der Waals surface area contributed by atoms with Crippen molar-refractivity contribution in [3.63, 3.8) is 0 Å². The number of amides is 1. The molecule has 17 atom stereocenters. The Labute approximate surface area is 538 Å². The molecule has 0 aromatic carbocycles. The second-order valence-electron chi connectivity index (χ2n) is 23.6. The van der Waals surface area contributed by atoms with Crippen molar-refractivity contribution in [2.24, 2.45) is 0 Å². The third-order valence-corrected chi connectivity index (χ3v) is 16.1. The number of unbranched alkanes of at least 4 members (excludes halogenated alkanes) is 13. The van der Waals surface area contributed by atoms with Crippen LogP contribution in [0.15, 0.2) is 122 Å². The number of allylic oxidation sites excluding steroid dienone is 20. The molecule has 1 amide bonds. The minimum atomic E-state index is -1.98. The first kappa shape index (κ1) is 80.4. The molecule has 90 heavy (non-hydrogen) atoms. The summed E-state index contributed by atoms with van der Waals surface area (Å²) in [5, 5.41) is 120. The lowest BCUT2D eigenvalue weighted by atomic mass is 9.96. The van der Waals surface area contributed by atoms with E-state index in [9.17, 15) is 61.0 Å². The topological polar surface area (TPSA) is 307 Å². The minimum absolute atomic E-state index is 0.240. The Balaban J connectivity index is 1.33. The van der Waals surface area contributed by atoms with Crippen molar-refractivity contribution < 1.29 is 89.4 Å². The number of nitrogens with one attached hydrogen (secondary N) is 1. The van der Waals surface area contributed by atoms with E-state index < -0.39 is 124 Å². The zero-order valence-corrected chi connectivity index (χ0v) is 54.1. The lowest BCUT2D eigenvalue weighted by molar-refractivity contribution is -0.379. The Kier molecular flexibility index (Phi) is 46.1. The van der Waals surface area contributed by atoms with E-state index in [0.717, 1.165) is 135 Å². The molecule has 0 aliphatic carbocycles. The fourth-order valence-electron chi connectivity index (χ4n) is 10.6. The molecule has 12 N–H and O–H groups in total. The number of hydrogen-bond donors (Lipinski definition) is 12. The van der Waals surface area contributed by atoms with E-state index in [0.29, 0.717) is 19.3 Å². The van der Waals surface area contributed by atoms with Crippen molar-refractivity contribution >= 4 is 5.91 Å². The van der Waals surface area contributed by atoms with Crippen LogP contribution in [0.2, 0.25) is 0 Å². The van der Waals surface area contributed by atoms with Crippen LogP contribution in [0.25, 0.3) is 0 Å². The largest absolute Gasteiger partial charge is 0.394 e. The summed E-state index contributed by atoms with van der Waals surface area (Å²) < 4.78 is 34.2. The van der Waals surface area contributed by atoms with Crippen LogP contribution in [0.1, 0.15) is 187 Å². The van der Waals surface area contributed by atoms with Crippen molar-refractivity contribution in [3.05, 3.63) is 122 Å². The third kappa shape index (κ3) is 33.3. The van der Waals surface area contributed by atoms with Gasteiger partial charge in [0.25, 0.3) is 0 Å². The summed E-state index contributed by atoms with van der Waals surface area (Å²) in [5.74, 6) is -0.267. The molecule has 17 unspecified atom stereocenters. The van der Waals surface area contributed by atoms with E-state index in [1.165, 1.54) is 12.8 Å². The van der Waals surface area contributed by atoms with Gasteiger partial charge in [0.2, 0.25) is 5.91 Å². The van der Waals surface area contributed by atoms with E-state index in [1.54, 1.807) is 0 Å². The van der Waals surface area contributed by atoms with Gasteiger partial charge in [-0.05, 0) is 89.9 Å². The SMILES string of the molecule is CC/C=C\C/C=C\C/C=C\C/C=C\C/C=C\C/C=C\C/C=C\C/C=C\C/C=C\C/C=C\CCCCCCCCC(=O)NC(COC1OC(CO)C(OC2OC(CO)C(OC3OC(CO)C(O)C(O)C3O)C(O)C2O)C(O)C1O)C(O)CCCCCCCCCC. The summed E-state index contributed by atoms with van der Waals surface area (Å²) >= 11 is 0. The predicted octanol–water partition coefficient (Wildman–Crippen LogP) is 8.43. The first-order valence-corrected chi connectivity index (χ1v) is 33.8. The van der Waals surface area contributed by atoms with Crippen molar-refractivity contribution in [1.29, 1.82) is 0 Å². The van der Waals surface area contributed by atoms with E-state index in [2.05, 4.69) is 141 Å². The zero-order valence-electron chi connectivity index (χ0n) is 54.1. The second kappa shape index (κ2) is 51.6. The molecule has 19 nitrogen and oxygen atoms in total. The van der Waals surface area contributed by atoms with E-state index in [4.69, 9.17) is 28.4 Å². The van der Waals surface area contributed by atoms with Crippen molar-refractivity contribution in [1.82, 2.24) is 5.32 Å². The molecule has 0 bridgehead atoms. The van der Waals surface area contributed by atoms with Crippen LogP contribution in [-0.4, -0.2) is 193 Å². The van der Waals surface area contributed by atoms with Gasteiger partial charge in [0.15, 0.2) is 18.9 Å². The highest BCUT2D eigenvalue weighted by Gasteiger charge is 2.53. The molecule has 3 rings (SSSR count). The van der Waals surface area contributed by atoms with Crippen LogP contribution in [-0.2, 0) is 33.2 Å². The van der Waals surface area contributed by atoms with Gasteiger partial charge in [-0.15, -0.1) is 0 Å². The van der Waals surface area contributed by atoms with Crippen LogP contribution in [0.5, 0.6) is 0 Å². The maximum absolute atomic E-state index is 13.3. The van der Waals surface area contributed by atoms with Gasteiger partial charge in [0, 0.05) is 6.42 Å². The van der Waals surface area contributed by atoms with E-state index in [-0.39, 0.29) is 18.9 Å². The molecule has 0 saturated carbocycles. The Hall–Kier alpha value is -3.81. The molecule has 0 spiro atoms. The predicted molar refractivity (Wildman–Crippen MR) is 350 cm³/mol. The first-order chi connectivity index (χ1) is 43.8. The summed E-state index contributed by atoms with van der Waals surface area (Å²) in [6.07, 6.45) is 43.2. The number of carbonyl (C=O) groups excluding carboxylic acids is 1. The lowest BCUT2D eigenvalue weighted by Gasteiger charge is -2.48. The summed E-state index contributed by atoms with van der Waals surface area (Å²) in [4.78, 5) is 13.3. The van der Waals surface area contributed by atoms with Gasteiger partial charge in [-0.3, -0.25) is 4.79 Å². The number of ether oxygens (including phenoxy) is 6. The second-order valence-corrected chi connectivity index (χ2v) is 23.6. The highest BCUT2D eigenvalue weighted by atomic mass is 16.8. The minimum Gasteiger partial charge on any atom is -0.394 e. The molecule has 3 saturated heterocycles. The highest BCUT2D eigenvalue weighted by molar-refractivity contribution is 5.76. The van der Waals surface area contributed by atoms with Crippen LogP contribution < -0.4 is 5.32 Å². The first-order valence-electron chi connectivity index (χ1n) is 33.8. The molecule has 3 fully saturated rings. The van der Waals surface area contributed by atoms with Crippen molar-refractivity contribution in [3.8, 4) is 0 Å². The number of rotatable bonds is 49. The fraction of sp³-hybridized carbons (Fsp3) is 0.704. The molecule has 0 radical (unpaired) electrons. The van der Waals surface area contributed by atoms with Crippen molar-refractivity contribution in [2.45, 2.75) is 291 Å². The van der Waals surface area contributed by atoms with Crippen LogP contribution >= 0.6 is 0 Å². The average molecular weight is 1270 g/mol. The molecular weight excluding hydrogens is 1150 g/mol. The molecule has 3 aliphatic rings. The van der Waals surface area contributed by atoms with Gasteiger partial charge >= 0.3 is 0 Å². The molecule has 0 aromatic heterocycles. The van der Waals surface area contributed by atoms with E-state index >= 15 is 0 Å². The Bertz CT molecular complexity index is 2100. The highest BCUT2D eigenvalue weighted by Crippen LogP contribution is 2.33. The Morgan fingerprint density at radius 2 is 0.767 bits per heavy atom. The molecule has 3 heterocycles. The summed E-state index contributed by atoms with van der Waals surface area (Å²) in [5.41, 5.74) is 0. The number of hydrogen-bond acceptors (Lipinski definition) is 18. The summed E-state index contributed by atoms with van der Waals surface area (Å²) in [6, 6.07) is -0.901. The van der Waals surface area contributed by atoms with Gasteiger partial charge in [-0.2, -0.15) is 0 Å². The van der Waals surface area contributed by atoms with Crippen LogP contribution in [0.4, 0.5) is 0 Å². The normalized spacial score (nSPS) is 28.8. The van der Waals surface area contributed by atoms with Crippen molar-refractivity contribution in [2.75, 3.05) is 26.4 Å².